The van der Waals surface area contributed by atoms with Crippen molar-refractivity contribution in [3.8, 4) is 5.75 Å². The number of esters is 3. The van der Waals surface area contributed by atoms with E-state index in [-0.39, 0.29) is 111 Å². The standard InChI is InChI=1S/C26H31F2N3O4.C12H25NO2.2C11H23NO2.C9H22N2.C6H16N2.3C4H8O.3CH4/c1-15(2)11-29-9-8-16(3)12-31-22(29)14-30-13-19(24(33)25(34)23(30)26(31)35)21(32)7-5-17-4-6-18(27)10-20(17)28;1-10(8-9-13-5)6-7-11(14)15-12(2,3)4;2*1-9(7-8-12)5-6-10(13)14-11(2,3)4;1-8(2)7-11-5-4-9(3)6-10;1-6(5-7)3-4-8-2;1-2-4-5-3-1;2*1-4(2)3-5;;;/h4,6,10,13,15-16,22,34H,5,7-9,11-12,14H2,1-3H3;10,13H,6-9H2,1-5H3;2*9H,5-8,12H2,1-4H3;8-9,11H,4-7,10H2,1-3H3;6,8H,3-5,7H2,1-2H3;1-4H2;2*3-4H,1-2H3;3*1H4/t16-,22?;10-;3*9-;6-;;;;;;/m100011....../s1. The zero-order chi connectivity index (χ0) is 86.9. The van der Waals surface area contributed by atoms with Crippen LogP contribution in [0.3, 0.4) is 0 Å². The van der Waals surface area contributed by atoms with Gasteiger partial charge in [0.2, 0.25) is 5.43 Å². The van der Waals surface area contributed by atoms with Gasteiger partial charge in [0.1, 0.15) is 47.2 Å². The molecule has 2 aromatic rings. The number of ketones is 1. The van der Waals surface area contributed by atoms with Crippen LogP contribution in [0.4, 0.5) is 8.78 Å². The third-order valence-corrected chi connectivity index (χ3v) is 17.2. The van der Waals surface area contributed by atoms with E-state index < -0.39 is 34.5 Å². The molecule has 23 nitrogen and oxygen atoms in total. The van der Waals surface area contributed by atoms with Crippen LogP contribution in [-0.2, 0) is 55.9 Å². The molecule has 0 aliphatic carbocycles. The molecule has 0 spiro atoms. The van der Waals surface area contributed by atoms with Crippen LogP contribution in [0.2, 0.25) is 0 Å². The lowest BCUT2D eigenvalue weighted by atomic mass is 10.0. The summed E-state index contributed by atoms with van der Waals surface area (Å²) >= 11 is 0. The molecule has 7 atom stereocenters. The van der Waals surface area contributed by atoms with Gasteiger partial charge in [-0.05, 0) is 265 Å². The topological polar surface area (TPSA) is 345 Å². The number of benzene rings is 1. The number of carbonyl (C=O) groups excluding carboxylic acids is 7. The number of aromatic nitrogens is 1. The molecule has 12 N–H and O–H groups in total. The normalized spacial score (nSPS) is 15.5. The fourth-order valence-electron chi connectivity index (χ4n) is 10.6. The second-order valence-electron chi connectivity index (χ2n) is 34.9. The summed E-state index contributed by atoms with van der Waals surface area (Å²) in [6, 6.07) is 3.11. The second-order valence-corrected chi connectivity index (χ2v) is 34.9. The summed E-state index contributed by atoms with van der Waals surface area (Å²) in [6.45, 7) is 57.7. The average Bonchev–Trinajstić information content (AvgIpc) is 1.70. The summed E-state index contributed by atoms with van der Waals surface area (Å²) in [5, 5.41) is 20.3. The van der Waals surface area contributed by atoms with Gasteiger partial charge in [-0.2, -0.15) is 0 Å². The number of aryl methyl sites for hydroxylation is 1. The number of aromatic hydroxyl groups is 1. The predicted octanol–water partition coefficient (Wildman–Crippen LogP) is 15.8. The molecule has 1 amide bonds. The van der Waals surface area contributed by atoms with Crippen LogP contribution in [0.25, 0.3) is 0 Å². The largest absolute Gasteiger partial charge is 0.503 e. The van der Waals surface area contributed by atoms with E-state index in [1.165, 1.54) is 42.5 Å². The van der Waals surface area contributed by atoms with Crippen LogP contribution in [-0.4, -0.2) is 184 Å². The maximum absolute atomic E-state index is 14.0. The molecule has 25 heteroatoms. The van der Waals surface area contributed by atoms with Crippen LogP contribution in [0.15, 0.2) is 29.2 Å². The van der Waals surface area contributed by atoms with E-state index in [9.17, 15) is 52.2 Å². The van der Waals surface area contributed by atoms with Crippen molar-refractivity contribution in [2.24, 2.45) is 82.1 Å². The minimum absolute atomic E-state index is 0. The van der Waals surface area contributed by atoms with Crippen LogP contribution < -0.4 is 44.3 Å². The molecule has 4 heterocycles. The third kappa shape index (κ3) is 68.9. The summed E-state index contributed by atoms with van der Waals surface area (Å²) in [6.07, 6.45) is 15.8. The molecule has 115 heavy (non-hydrogen) atoms. The number of ether oxygens (including phenoxy) is 4. The lowest BCUT2D eigenvalue weighted by Crippen LogP contribution is -2.57. The van der Waals surface area contributed by atoms with E-state index in [1.54, 1.807) is 4.90 Å². The van der Waals surface area contributed by atoms with Gasteiger partial charge < -0.3 is 82.0 Å². The molecule has 678 valence electrons. The van der Waals surface area contributed by atoms with Gasteiger partial charge in [0, 0.05) is 82.6 Å². The SMILES string of the molecule is C.C.C.C1CCOC1.CC(C)C=O.CC(C)C=O.CC(C)CN1CC[C@@H](C)CN2C(=O)c3c(O)c(=O)c(C(=O)CCc4ccc(F)cc4F)cn3CC12.CC(C)CNCC[C@@H](C)CN.CNCC[C@@H](C)CCC(=O)OC(C)(C)C.CNCC[C@@H](C)CN.C[C@H](CCN)CCC(=O)OC(C)(C)C.C[C@H](CCN)CCC(=O)OC(C)(C)C. The van der Waals surface area contributed by atoms with Crippen molar-refractivity contribution in [3.63, 3.8) is 0 Å². The van der Waals surface area contributed by atoms with Crippen LogP contribution >= 0.6 is 0 Å². The zero-order valence-electron chi connectivity index (χ0n) is 74.8. The summed E-state index contributed by atoms with van der Waals surface area (Å²) in [4.78, 5) is 96.2. The molecule has 0 radical (unpaired) electrons. The maximum atomic E-state index is 14.0. The first-order valence-electron chi connectivity index (χ1n) is 41.6. The summed E-state index contributed by atoms with van der Waals surface area (Å²) < 4.78 is 49.2. The number of hydrogen-bond acceptors (Lipinski definition) is 21. The average molecular weight is 1640 g/mol. The number of nitrogens with two attached hydrogens (primary N) is 4. The van der Waals surface area contributed by atoms with Gasteiger partial charge in [0.15, 0.2) is 17.2 Å². The van der Waals surface area contributed by atoms with E-state index >= 15 is 0 Å². The molecule has 3 aliphatic rings. The van der Waals surface area contributed by atoms with E-state index in [2.05, 4.69) is 90.1 Å². The number of amides is 1. The molecule has 0 bridgehead atoms. The molecule has 1 unspecified atom stereocenters. The summed E-state index contributed by atoms with van der Waals surface area (Å²) in [7, 11) is 3.91. The molecule has 2 fully saturated rings. The first-order valence-corrected chi connectivity index (χ1v) is 41.6. The molecular weight excluding hydrogens is 1470 g/mol. The van der Waals surface area contributed by atoms with Crippen molar-refractivity contribution in [2.45, 2.75) is 314 Å². The van der Waals surface area contributed by atoms with Gasteiger partial charge in [0.25, 0.3) is 5.91 Å². The number of halogens is 2. The number of nitrogens with one attached hydrogen (secondary N) is 3. The van der Waals surface area contributed by atoms with Crippen molar-refractivity contribution in [2.75, 3.05) is 99.3 Å². The van der Waals surface area contributed by atoms with E-state index in [4.69, 9.17) is 41.9 Å². The monoisotopic (exact) mass is 1640 g/mol. The highest BCUT2D eigenvalue weighted by Gasteiger charge is 2.41. The van der Waals surface area contributed by atoms with Crippen LogP contribution in [0.5, 0.6) is 5.75 Å². The van der Waals surface area contributed by atoms with Crippen molar-refractivity contribution < 1.29 is 66.4 Å². The number of aldehydes is 2. The van der Waals surface area contributed by atoms with E-state index in [0.29, 0.717) is 80.9 Å². The highest BCUT2D eigenvalue weighted by Crippen LogP contribution is 2.30. The molecule has 0 saturated carbocycles. The highest BCUT2D eigenvalue weighted by atomic mass is 19.1. The Morgan fingerprint density at radius 1 is 0.600 bits per heavy atom. The number of Topliss-reactive ketones (excluding diaryl/α,β-unsaturated/α-hetero) is 1. The molecule has 1 aromatic heterocycles. The Hall–Kier alpha value is -5.64. The van der Waals surface area contributed by atoms with Crippen molar-refractivity contribution in [3.05, 3.63) is 63.1 Å². The molecule has 5 rings (SSSR count). The third-order valence-electron chi connectivity index (χ3n) is 17.2. The minimum atomic E-state index is -0.908. The Balaban J connectivity index is -0.000000249. The number of pyridine rings is 1. The number of rotatable bonds is 34. The first kappa shape index (κ1) is 123. The van der Waals surface area contributed by atoms with Gasteiger partial charge in [-0.25, -0.2) is 8.78 Å². The Labute approximate surface area is 699 Å². The van der Waals surface area contributed by atoms with E-state index in [1.807, 2.05) is 104 Å². The maximum Gasteiger partial charge on any atom is 0.306 e. The van der Waals surface area contributed by atoms with Gasteiger partial charge in [0.05, 0.1) is 12.1 Å². The smallest absolute Gasteiger partial charge is 0.306 e. The van der Waals surface area contributed by atoms with E-state index in [0.717, 1.165) is 141 Å². The Morgan fingerprint density at radius 2 is 1.01 bits per heavy atom. The molecule has 2 saturated heterocycles. The number of fused-ring (bicyclic) bond motifs is 2. The fourth-order valence-corrected chi connectivity index (χ4v) is 10.6. The quantitative estimate of drug-likeness (QED) is 0.0106. The van der Waals surface area contributed by atoms with Crippen molar-refractivity contribution in [1.82, 2.24) is 30.3 Å². The lowest BCUT2D eigenvalue weighted by Gasteiger charge is -2.42. The predicted molar refractivity (Wildman–Crippen MR) is 474 cm³/mol. The first-order chi connectivity index (χ1) is 52.1. The highest BCUT2D eigenvalue weighted by molar-refractivity contribution is 6.00. The summed E-state index contributed by atoms with van der Waals surface area (Å²) in [5.74, 6) is 1.21. The number of nitrogens with zero attached hydrogens (tertiary/aromatic N) is 3. The van der Waals surface area contributed by atoms with Crippen LogP contribution in [0.1, 0.15) is 304 Å². The van der Waals surface area contributed by atoms with Gasteiger partial charge in [-0.1, -0.05) is 125 Å². The molecular formula is C90H176F2N10O13. The lowest BCUT2D eigenvalue weighted by molar-refractivity contribution is -0.156. The van der Waals surface area contributed by atoms with Crippen molar-refractivity contribution in [1.29, 1.82) is 0 Å². The Bertz CT molecular complexity index is 2820. The second kappa shape index (κ2) is 70.2. The number of hydrogen-bond donors (Lipinski definition) is 8. The molecule has 1 aromatic carbocycles. The number of carbonyl (C=O) groups is 7. The Kier molecular flexibility index (Phi) is 74.8. The fraction of sp³-hybridized carbons (Fsp3) is 0.800. The minimum Gasteiger partial charge on any atom is -0.503 e. The van der Waals surface area contributed by atoms with Crippen LogP contribution in [0, 0.1) is 70.8 Å². The van der Waals surface area contributed by atoms with Gasteiger partial charge >= 0.3 is 17.9 Å². The van der Waals surface area contributed by atoms with Crippen molar-refractivity contribution >= 4 is 42.2 Å². The zero-order valence-corrected chi connectivity index (χ0v) is 74.8. The van der Waals surface area contributed by atoms with Gasteiger partial charge in [-0.3, -0.25) is 33.7 Å². The van der Waals surface area contributed by atoms with Gasteiger partial charge in [-0.15, -0.1) is 0 Å². The Morgan fingerprint density at radius 3 is 1.36 bits per heavy atom. The summed E-state index contributed by atoms with van der Waals surface area (Å²) in [5.41, 5.74) is 19.5. The molecule has 3 aliphatic heterocycles.